The normalized spacial score (nSPS) is 24.1. The highest BCUT2D eigenvalue weighted by atomic mass is 16.5. The molecule has 1 rings (SSSR count). The van der Waals surface area contributed by atoms with Gasteiger partial charge in [0.25, 0.3) is 0 Å². The van der Waals surface area contributed by atoms with Crippen LogP contribution in [-0.2, 0) is 14.3 Å². The van der Waals surface area contributed by atoms with Crippen molar-refractivity contribution in [2.24, 2.45) is 0 Å². The highest BCUT2D eigenvalue weighted by Gasteiger charge is 2.32. The number of aliphatic carboxylic acids is 1. The van der Waals surface area contributed by atoms with Gasteiger partial charge in [0.1, 0.15) is 12.6 Å². The van der Waals surface area contributed by atoms with Gasteiger partial charge in [0, 0.05) is 6.54 Å². The van der Waals surface area contributed by atoms with Gasteiger partial charge in [-0.05, 0) is 6.54 Å². The summed E-state index contributed by atoms with van der Waals surface area (Å²) >= 11 is 0. The highest BCUT2D eigenvalue weighted by Crippen LogP contribution is 2.11. The SMILES string of the molecule is CCN1CCOC(=O)C1CC(=O)O. The molecule has 1 aliphatic rings. The predicted molar refractivity (Wildman–Crippen MR) is 44.2 cm³/mol. The largest absolute Gasteiger partial charge is 0.481 e. The van der Waals surface area contributed by atoms with Crippen molar-refractivity contribution < 1.29 is 19.4 Å². The topological polar surface area (TPSA) is 66.8 Å². The molecule has 1 N–H and O–H groups in total. The number of ether oxygens (including phenoxy) is 1. The van der Waals surface area contributed by atoms with E-state index >= 15 is 0 Å². The van der Waals surface area contributed by atoms with Crippen LogP contribution < -0.4 is 0 Å². The summed E-state index contributed by atoms with van der Waals surface area (Å²) in [5.41, 5.74) is 0. The smallest absolute Gasteiger partial charge is 0.324 e. The number of carboxylic acids is 1. The van der Waals surface area contributed by atoms with Crippen molar-refractivity contribution in [3.8, 4) is 0 Å². The average Bonchev–Trinajstić information content (AvgIpc) is 2.08. The number of morpholine rings is 1. The number of likely N-dealkylation sites (N-methyl/N-ethyl adjacent to an activating group) is 1. The van der Waals surface area contributed by atoms with Gasteiger partial charge in [0.2, 0.25) is 0 Å². The summed E-state index contributed by atoms with van der Waals surface area (Å²) in [5, 5.41) is 8.56. The number of rotatable bonds is 3. The van der Waals surface area contributed by atoms with Crippen molar-refractivity contribution in [2.75, 3.05) is 19.7 Å². The zero-order valence-electron chi connectivity index (χ0n) is 7.52. The van der Waals surface area contributed by atoms with Gasteiger partial charge in [-0.2, -0.15) is 0 Å². The van der Waals surface area contributed by atoms with E-state index in [0.29, 0.717) is 19.7 Å². The zero-order valence-corrected chi connectivity index (χ0v) is 7.52. The van der Waals surface area contributed by atoms with E-state index in [9.17, 15) is 9.59 Å². The molecule has 0 spiro atoms. The molecule has 74 valence electrons. The van der Waals surface area contributed by atoms with Crippen molar-refractivity contribution >= 4 is 11.9 Å². The second-order valence-electron chi connectivity index (χ2n) is 2.91. The van der Waals surface area contributed by atoms with E-state index in [-0.39, 0.29) is 6.42 Å². The molecule has 5 nitrogen and oxygen atoms in total. The standard InChI is InChI=1S/C8H13NO4/c1-2-9-3-4-13-8(12)6(9)5-7(10)11/h6H,2-5H2,1H3,(H,10,11). The second kappa shape index (κ2) is 4.23. The first-order valence-electron chi connectivity index (χ1n) is 4.27. The Morgan fingerprint density at radius 1 is 1.77 bits per heavy atom. The fourth-order valence-electron chi connectivity index (χ4n) is 1.42. The van der Waals surface area contributed by atoms with Gasteiger partial charge in [-0.3, -0.25) is 14.5 Å². The maximum atomic E-state index is 11.2. The van der Waals surface area contributed by atoms with E-state index in [2.05, 4.69) is 0 Å². The lowest BCUT2D eigenvalue weighted by Crippen LogP contribution is -2.49. The van der Waals surface area contributed by atoms with Crippen LogP contribution >= 0.6 is 0 Å². The first-order valence-corrected chi connectivity index (χ1v) is 4.27. The minimum Gasteiger partial charge on any atom is -0.481 e. The molecule has 1 saturated heterocycles. The van der Waals surface area contributed by atoms with Gasteiger partial charge in [-0.25, -0.2) is 0 Å². The summed E-state index contributed by atoms with van der Waals surface area (Å²) in [6.45, 7) is 3.56. The van der Waals surface area contributed by atoms with Crippen molar-refractivity contribution in [1.82, 2.24) is 4.90 Å². The molecular formula is C8H13NO4. The first-order chi connectivity index (χ1) is 6.15. The fraction of sp³-hybridized carbons (Fsp3) is 0.750. The van der Waals surface area contributed by atoms with Crippen LogP contribution in [0.25, 0.3) is 0 Å². The number of nitrogens with zero attached hydrogens (tertiary/aromatic N) is 1. The Morgan fingerprint density at radius 3 is 3.00 bits per heavy atom. The molecule has 0 aromatic carbocycles. The third-order valence-corrected chi connectivity index (χ3v) is 2.11. The van der Waals surface area contributed by atoms with Crippen LogP contribution in [0.2, 0.25) is 0 Å². The van der Waals surface area contributed by atoms with Crippen LogP contribution in [0.3, 0.4) is 0 Å². The Balaban J connectivity index is 2.62. The Hall–Kier alpha value is -1.10. The second-order valence-corrected chi connectivity index (χ2v) is 2.91. The summed E-state index contributed by atoms with van der Waals surface area (Å²) in [6, 6.07) is -0.601. The van der Waals surface area contributed by atoms with Crippen molar-refractivity contribution in [3.63, 3.8) is 0 Å². The van der Waals surface area contributed by atoms with E-state index in [1.807, 2.05) is 11.8 Å². The number of hydrogen-bond donors (Lipinski definition) is 1. The minimum atomic E-state index is -0.970. The Morgan fingerprint density at radius 2 is 2.46 bits per heavy atom. The van der Waals surface area contributed by atoms with Crippen LogP contribution in [0.15, 0.2) is 0 Å². The van der Waals surface area contributed by atoms with Crippen molar-refractivity contribution in [3.05, 3.63) is 0 Å². The molecular weight excluding hydrogens is 174 g/mol. The van der Waals surface area contributed by atoms with Gasteiger partial charge >= 0.3 is 11.9 Å². The molecule has 1 atom stereocenters. The molecule has 0 radical (unpaired) electrons. The summed E-state index contributed by atoms with van der Waals surface area (Å²) in [7, 11) is 0. The lowest BCUT2D eigenvalue weighted by atomic mass is 10.1. The van der Waals surface area contributed by atoms with E-state index in [4.69, 9.17) is 9.84 Å². The lowest BCUT2D eigenvalue weighted by molar-refractivity contribution is -0.161. The zero-order chi connectivity index (χ0) is 9.84. The molecule has 13 heavy (non-hydrogen) atoms. The van der Waals surface area contributed by atoms with Gasteiger partial charge in [0.15, 0.2) is 0 Å². The minimum absolute atomic E-state index is 0.174. The number of hydrogen-bond acceptors (Lipinski definition) is 4. The molecule has 1 heterocycles. The van der Waals surface area contributed by atoms with E-state index in [1.54, 1.807) is 0 Å². The third-order valence-electron chi connectivity index (χ3n) is 2.11. The highest BCUT2D eigenvalue weighted by molar-refractivity contribution is 5.82. The van der Waals surface area contributed by atoms with Crippen LogP contribution in [-0.4, -0.2) is 47.7 Å². The summed E-state index contributed by atoms with van der Waals surface area (Å²) < 4.78 is 4.78. The molecule has 5 heteroatoms. The molecule has 0 bridgehead atoms. The predicted octanol–water partition coefficient (Wildman–Crippen LogP) is -0.292. The van der Waals surface area contributed by atoms with Gasteiger partial charge in [-0.1, -0.05) is 6.92 Å². The quantitative estimate of drug-likeness (QED) is 0.615. The molecule has 1 aliphatic heterocycles. The van der Waals surface area contributed by atoms with Gasteiger partial charge in [-0.15, -0.1) is 0 Å². The maximum absolute atomic E-state index is 11.2. The van der Waals surface area contributed by atoms with Gasteiger partial charge in [0.05, 0.1) is 6.42 Å². The Labute approximate surface area is 76.3 Å². The van der Waals surface area contributed by atoms with Crippen LogP contribution in [0, 0.1) is 0 Å². The maximum Gasteiger partial charge on any atom is 0.324 e. The molecule has 0 amide bonds. The molecule has 1 fully saturated rings. The number of carboxylic acid groups (broad SMARTS) is 1. The molecule has 1 unspecified atom stereocenters. The fourth-order valence-corrected chi connectivity index (χ4v) is 1.42. The summed E-state index contributed by atoms with van der Waals surface area (Å²) in [5.74, 6) is -1.39. The molecule has 0 aliphatic carbocycles. The first kappa shape index (κ1) is 9.98. The Kier molecular flexibility index (Phi) is 3.25. The molecule has 0 saturated carbocycles. The number of esters is 1. The molecule has 0 aromatic heterocycles. The van der Waals surface area contributed by atoms with Crippen LogP contribution in [0.4, 0.5) is 0 Å². The lowest BCUT2D eigenvalue weighted by Gasteiger charge is -2.32. The van der Waals surface area contributed by atoms with Crippen molar-refractivity contribution in [2.45, 2.75) is 19.4 Å². The van der Waals surface area contributed by atoms with Crippen molar-refractivity contribution in [1.29, 1.82) is 0 Å². The number of cyclic esters (lactones) is 1. The summed E-state index contributed by atoms with van der Waals surface area (Å²) in [6.07, 6.45) is -0.174. The third kappa shape index (κ3) is 2.42. The average molecular weight is 187 g/mol. The van der Waals surface area contributed by atoms with E-state index < -0.39 is 18.0 Å². The monoisotopic (exact) mass is 187 g/mol. The van der Waals surface area contributed by atoms with E-state index in [1.165, 1.54) is 0 Å². The van der Waals surface area contributed by atoms with Crippen LogP contribution in [0.1, 0.15) is 13.3 Å². The number of carbonyl (C=O) groups excluding carboxylic acids is 1. The molecule has 0 aromatic rings. The number of carbonyl (C=O) groups is 2. The van der Waals surface area contributed by atoms with Crippen LogP contribution in [0.5, 0.6) is 0 Å². The Bertz CT molecular complexity index is 216. The van der Waals surface area contributed by atoms with E-state index in [0.717, 1.165) is 0 Å². The van der Waals surface area contributed by atoms with Gasteiger partial charge < -0.3 is 9.84 Å². The summed E-state index contributed by atoms with van der Waals surface area (Å²) in [4.78, 5) is 23.4.